The van der Waals surface area contributed by atoms with E-state index in [9.17, 15) is 18.6 Å². The number of rotatable bonds is 4. The normalized spacial score (nSPS) is 19.1. The van der Waals surface area contributed by atoms with Crippen molar-refractivity contribution in [1.82, 2.24) is 4.72 Å². The second-order valence-electron chi connectivity index (χ2n) is 5.68. The van der Waals surface area contributed by atoms with Crippen LogP contribution in [0.1, 0.15) is 38.5 Å². The number of phenols is 1. The first kappa shape index (κ1) is 16.1. The van der Waals surface area contributed by atoms with Gasteiger partial charge in [-0.2, -0.15) is 0 Å². The highest BCUT2D eigenvalue weighted by molar-refractivity contribution is 7.89. The van der Waals surface area contributed by atoms with Crippen molar-refractivity contribution in [3.63, 3.8) is 0 Å². The molecule has 0 aliphatic heterocycles. The van der Waals surface area contributed by atoms with Gasteiger partial charge < -0.3 is 15.9 Å². The third-order valence-electron chi connectivity index (χ3n) is 3.93. The average Bonchev–Trinajstić information content (AvgIpc) is 2.65. The zero-order valence-electron chi connectivity index (χ0n) is 11.9. The second-order valence-corrected chi connectivity index (χ2v) is 7.45. The Labute approximate surface area is 125 Å². The fraction of sp³-hybridized carbons (Fsp3) is 0.571. The van der Waals surface area contributed by atoms with Gasteiger partial charge in [0, 0.05) is 6.54 Å². The third-order valence-corrected chi connectivity index (χ3v) is 5.33. The number of anilines is 1. The maximum atomic E-state index is 12.2. The molecule has 21 heavy (non-hydrogen) atoms. The molecule has 6 nitrogen and oxygen atoms in total. The van der Waals surface area contributed by atoms with E-state index in [1.54, 1.807) is 0 Å². The van der Waals surface area contributed by atoms with Crippen LogP contribution in [0.2, 0.25) is 0 Å². The van der Waals surface area contributed by atoms with Gasteiger partial charge in [0.15, 0.2) is 0 Å². The number of aliphatic hydroxyl groups is 1. The van der Waals surface area contributed by atoms with Crippen LogP contribution in [0.4, 0.5) is 5.69 Å². The SMILES string of the molecule is Nc1cc(S(=O)(=O)NCC2(O)CCCCCC2)ccc1O. The number of aromatic hydroxyl groups is 1. The van der Waals surface area contributed by atoms with Crippen LogP contribution < -0.4 is 10.5 Å². The zero-order valence-corrected chi connectivity index (χ0v) is 12.7. The van der Waals surface area contributed by atoms with Crippen molar-refractivity contribution in [2.24, 2.45) is 0 Å². The molecule has 0 heterocycles. The lowest BCUT2D eigenvalue weighted by Gasteiger charge is -2.26. The van der Waals surface area contributed by atoms with Crippen LogP contribution in [-0.4, -0.2) is 30.8 Å². The van der Waals surface area contributed by atoms with Gasteiger partial charge >= 0.3 is 0 Å². The van der Waals surface area contributed by atoms with Gasteiger partial charge in [0.05, 0.1) is 16.2 Å². The zero-order chi connectivity index (χ0) is 15.5. The third kappa shape index (κ3) is 4.09. The van der Waals surface area contributed by atoms with E-state index in [1.165, 1.54) is 18.2 Å². The van der Waals surface area contributed by atoms with Gasteiger partial charge in [-0.15, -0.1) is 0 Å². The number of nitrogen functional groups attached to an aromatic ring is 1. The Morgan fingerprint density at radius 3 is 2.38 bits per heavy atom. The van der Waals surface area contributed by atoms with Gasteiger partial charge in [0.25, 0.3) is 0 Å². The fourth-order valence-electron chi connectivity index (χ4n) is 2.58. The van der Waals surface area contributed by atoms with Gasteiger partial charge in [-0.3, -0.25) is 0 Å². The molecule has 1 aromatic rings. The monoisotopic (exact) mass is 314 g/mol. The number of sulfonamides is 1. The summed E-state index contributed by atoms with van der Waals surface area (Å²) < 4.78 is 26.9. The van der Waals surface area contributed by atoms with E-state index in [2.05, 4.69) is 4.72 Å². The first-order valence-electron chi connectivity index (χ1n) is 7.13. The van der Waals surface area contributed by atoms with E-state index >= 15 is 0 Å². The summed E-state index contributed by atoms with van der Waals surface area (Å²) in [5.41, 5.74) is 4.54. The minimum atomic E-state index is -3.75. The highest BCUT2D eigenvalue weighted by Gasteiger charge is 2.30. The number of nitrogens with two attached hydrogens (primary N) is 1. The number of phenolic OH excluding ortho intramolecular Hbond substituents is 1. The van der Waals surface area contributed by atoms with E-state index in [4.69, 9.17) is 5.73 Å². The molecule has 1 aliphatic carbocycles. The lowest BCUT2D eigenvalue weighted by molar-refractivity contribution is 0.0303. The highest BCUT2D eigenvalue weighted by Crippen LogP contribution is 2.27. The van der Waals surface area contributed by atoms with Crippen molar-refractivity contribution in [2.75, 3.05) is 12.3 Å². The van der Waals surface area contributed by atoms with Crippen LogP contribution in [-0.2, 0) is 10.0 Å². The number of hydrogen-bond acceptors (Lipinski definition) is 5. The molecular formula is C14H22N2O4S. The van der Waals surface area contributed by atoms with Crippen LogP contribution in [0.25, 0.3) is 0 Å². The van der Waals surface area contributed by atoms with E-state index < -0.39 is 15.6 Å². The van der Waals surface area contributed by atoms with Gasteiger partial charge in [0.2, 0.25) is 10.0 Å². The largest absolute Gasteiger partial charge is 0.506 e. The molecule has 5 N–H and O–H groups in total. The molecule has 0 radical (unpaired) electrons. The van der Waals surface area contributed by atoms with Crippen LogP contribution >= 0.6 is 0 Å². The molecule has 118 valence electrons. The Morgan fingerprint density at radius 1 is 1.19 bits per heavy atom. The Bertz CT molecular complexity index is 593. The van der Waals surface area contributed by atoms with E-state index in [1.807, 2.05) is 0 Å². The van der Waals surface area contributed by atoms with E-state index in [-0.39, 0.29) is 22.9 Å². The predicted molar refractivity (Wildman–Crippen MR) is 80.4 cm³/mol. The molecule has 1 aliphatic rings. The molecule has 0 unspecified atom stereocenters. The predicted octanol–water partition coefficient (Wildman–Crippen LogP) is 1.34. The van der Waals surface area contributed by atoms with Crippen molar-refractivity contribution in [3.05, 3.63) is 18.2 Å². The Morgan fingerprint density at radius 2 is 1.81 bits per heavy atom. The van der Waals surface area contributed by atoms with Crippen molar-refractivity contribution >= 4 is 15.7 Å². The van der Waals surface area contributed by atoms with Crippen molar-refractivity contribution in [3.8, 4) is 5.75 Å². The van der Waals surface area contributed by atoms with E-state index in [0.717, 1.165) is 25.7 Å². The summed E-state index contributed by atoms with van der Waals surface area (Å²) in [5, 5.41) is 19.8. The van der Waals surface area contributed by atoms with Gasteiger partial charge in [0.1, 0.15) is 5.75 Å². The summed E-state index contributed by atoms with van der Waals surface area (Å²) in [6.45, 7) is -0.00385. The molecule has 0 atom stereocenters. The lowest BCUT2D eigenvalue weighted by Crippen LogP contribution is -2.42. The van der Waals surface area contributed by atoms with Crippen molar-refractivity contribution in [2.45, 2.75) is 49.0 Å². The Hall–Kier alpha value is -1.31. The summed E-state index contributed by atoms with van der Waals surface area (Å²) in [6.07, 6.45) is 5.17. The molecule has 0 amide bonds. The highest BCUT2D eigenvalue weighted by atomic mass is 32.2. The Kier molecular flexibility index (Phi) is 4.75. The molecule has 1 fully saturated rings. The van der Waals surface area contributed by atoms with Crippen LogP contribution in [0.15, 0.2) is 23.1 Å². The van der Waals surface area contributed by atoms with Crippen LogP contribution in [0.3, 0.4) is 0 Å². The van der Waals surface area contributed by atoms with Gasteiger partial charge in [-0.05, 0) is 31.0 Å². The molecule has 0 spiro atoms. The number of nitrogens with one attached hydrogen (secondary N) is 1. The standard InChI is InChI=1S/C14H22N2O4S/c15-12-9-11(5-6-13(12)17)21(19,20)16-10-14(18)7-3-1-2-4-8-14/h5-6,9,16-18H,1-4,7-8,10,15H2. The molecular weight excluding hydrogens is 292 g/mol. The molecule has 0 saturated heterocycles. The summed E-state index contributed by atoms with van der Waals surface area (Å²) in [4.78, 5) is -0.0185. The second kappa shape index (κ2) is 6.21. The molecule has 7 heteroatoms. The minimum Gasteiger partial charge on any atom is -0.506 e. The van der Waals surface area contributed by atoms with E-state index in [0.29, 0.717) is 12.8 Å². The molecule has 1 aromatic carbocycles. The minimum absolute atomic E-state index is 0.00385. The number of hydrogen-bond donors (Lipinski definition) is 4. The fourth-order valence-corrected chi connectivity index (χ4v) is 3.73. The quantitative estimate of drug-likeness (QED) is 0.380. The van der Waals surface area contributed by atoms with Crippen molar-refractivity contribution in [1.29, 1.82) is 0 Å². The number of benzene rings is 1. The molecule has 0 aromatic heterocycles. The summed E-state index contributed by atoms with van der Waals surface area (Å²) in [6, 6.07) is 3.73. The lowest BCUT2D eigenvalue weighted by atomic mass is 9.95. The van der Waals surface area contributed by atoms with Crippen molar-refractivity contribution < 1.29 is 18.6 Å². The summed E-state index contributed by atoms with van der Waals surface area (Å²) >= 11 is 0. The topological polar surface area (TPSA) is 113 Å². The first-order chi connectivity index (χ1) is 9.82. The summed E-state index contributed by atoms with van der Waals surface area (Å²) in [7, 11) is -3.75. The smallest absolute Gasteiger partial charge is 0.240 e. The maximum Gasteiger partial charge on any atom is 0.240 e. The van der Waals surface area contributed by atoms with Gasteiger partial charge in [-0.25, -0.2) is 13.1 Å². The van der Waals surface area contributed by atoms with Crippen LogP contribution in [0.5, 0.6) is 5.75 Å². The van der Waals surface area contributed by atoms with Gasteiger partial charge in [-0.1, -0.05) is 25.7 Å². The molecule has 0 bridgehead atoms. The Balaban J connectivity index is 2.08. The van der Waals surface area contributed by atoms with Crippen LogP contribution in [0, 0.1) is 0 Å². The summed E-state index contributed by atoms with van der Waals surface area (Å²) in [5.74, 6) is -0.156. The maximum absolute atomic E-state index is 12.2. The molecule has 1 saturated carbocycles. The molecule has 2 rings (SSSR count). The average molecular weight is 314 g/mol. The first-order valence-corrected chi connectivity index (χ1v) is 8.61.